The highest BCUT2D eigenvalue weighted by atomic mass is 32.2. The van der Waals surface area contributed by atoms with E-state index in [-0.39, 0.29) is 22.9 Å². The monoisotopic (exact) mass is 261 g/mol. The molecule has 1 rings (SSSR count). The van der Waals surface area contributed by atoms with Gasteiger partial charge in [0.15, 0.2) is 21.3 Å². The van der Waals surface area contributed by atoms with Crippen LogP contribution in [-0.4, -0.2) is 34.1 Å². The Balaban J connectivity index is 3.48. The molecule has 7 heteroatoms. The first-order valence-electron chi connectivity index (χ1n) is 4.76. The number of ether oxygens (including phenoxy) is 2. The molecule has 2 N–H and O–H groups in total. The Morgan fingerprint density at radius 2 is 1.82 bits per heavy atom. The number of hydroxylamine groups is 1. The van der Waals surface area contributed by atoms with E-state index < -0.39 is 9.84 Å². The van der Waals surface area contributed by atoms with Gasteiger partial charge in [-0.15, -0.1) is 0 Å². The van der Waals surface area contributed by atoms with Crippen LogP contribution in [0.5, 0.6) is 11.5 Å². The van der Waals surface area contributed by atoms with Gasteiger partial charge in [0.1, 0.15) is 4.90 Å². The number of hydrogen-bond acceptors (Lipinski definition) is 6. The van der Waals surface area contributed by atoms with Crippen LogP contribution in [0.3, 0.4) is 0 Å². The van der Waals surface area contributed by atoms with Gasteiger partial charge in [-0.05, 0) is 6.07 Å². The first kappa shape index (κ1) is 13.8. The van der Waals surface area contributed by atoms with Crippen molar-refractivity contribution < 1.29 is 23.1 Å². The minimum Gasteiger partial charge on any atom is -0.492 e. The van der Waals surface area contributed by atoms with Crippen LogP contribution in [0.1, 0.15) is 5.56 Å². The van der Waals surface area contributed by atoms with Crippen LogP contribution in [0.25, 0.3) is 0 Å². The highest BCUT2D eigenvalue weighted by Crippen LogP contribution is 2.37. The lowest BCUT2D eigenvalue weighted by Gasteiger charge is -2.15. The van der Waals surface area contributed by atoms with Gasteiger partial charge in [-0.2, -0.15) is 0 Å². The molecule has 17 heavy (non-hydrogen) atoms. The molecule has 0 aliphatic rings. The normalized spacial score (nSPS) is 11.3. The first-order valence-corrected chi connectivity index (χ1v) is 6.65. The van der Waals surface area contributed by atoms with Crippen molar-refractivity contribution in [1.82, 2.24) is 5.48 Å². The van der Waals surface area contributed by atoms with E-state index in [4.69, 9.17) is 14.7 Å². The van der Waals surface area contributed by atoms with E-state index in [0.29, 0.717) is 5.56 Å². The van der Waals surface area contributed by atoms with Gasteiger partial charge >= 0.3 is 0 Å². The van der Waals surface area contributed by atoms with Crippen molar-refractivity contribution in [2.75, 3.05) is 20.5 Å². The van der Waals surface area contributed by atoms with Crippen molar-refractivity contribution in [3.63, 3.8) is 0 Å². The Bertz CT molecular complexity index is 498. The molecule has 0 unspecified atom stereocenters. The van der Waals surface area contributed by atoms with E-state index >= 15 is 0 Å². The maximum absolute atomic E-state index is 11.5. The van der Waals surface area contributed by atoms with Crippen LogP contribution >= 0.6 is 0 Å². The Morgan fingerprint density at radius 3 is 2.24 bits per heavy atom. The third-order valence-electron chi connectivity index (χ3n) is 2.23. The Morgan fingerprint density at radius 1 is 1.24 bits per heavy atom. The molecule has 1 aromatic carbocycles. The second kappa shape index (κ2) is 5.35. The number of hydrogen-bond donors (Lipinski definition) is 2. The number of nitrogens with one attached hydrogen (secondary N) is 1. The molecular formula is C10H15NO5S. The zero-order chi connectivity index (χ0) is 13.1. The van der Waals surface area contributed by atoms with Crippen LogP contribution in [0, 0.1) is 0 Å². The second-order valence-corrected chi connectivity index (χ2v) is 5.38. The molecule has 0 fully saturated rings. The third kappa shape index (κ3) is 2.87. The first-order chi connectivity index (χ1) is 7.95. The molecule has 0 aliphatic heterocycles. The summed E-state index contributed by atoms with van der Waals surface area (Å²) in [6.07, 6.45) is 1.09. The van der Waals surface area contributed by atoms with Gasteiger partial charge in [-0.1, -0.05) is 6.07 Å². The third-order valence-corrected chi connectivity index (χ3v) is 3.36. The molecule has 0 spiro atoms. The molecule has 0 saturated carbocycles. The summed E-state index contributed by atoms with van der Waals surface area (Å²) < 4.78 is 33.3. The summed E-state index contributed by atoms with van der Waals surface area (Å²) in [6.45, 7) is 0.129. The highest BCUT2D eigenvalue weighted by molar-refractivity contribution is 7.90. The van der Waals surface area contributed by atoms with Gasteiger partial charge in [0, 0.05) is 18.4 Å². The molecule has 1 aromatic rings. The van der Waals surface area contributed by atoms with Crippen molar-refractivity contribution in [1.29, 1.82) is 0 Å². The lowest BCUT2D eigenvalue weighted by atomic mass is 10.2. The van der Waals surface area contributed by atoms with Crippen molar-refractivity contribution in [3.8, 4) is 11.5 Å². The molecule has 0 radical (unpaired) electrons. The second-order valence-electron chi connectivity index (χ2n) is 3.40. The number of methoxy groups -OCH3 is 2. The fourth-order valence-electron chi connectivity index (χ4n) is 1.52. The van der Waals surface area contributed by atoms with Crippen LogP contribution < -0.4 is 15.0 Å². The van der Waals surface area contributed by atoms with E-state index in [1.807, 2.05) is 5.48 Å². The summed E-state index contributed by atoms with van der Waals surface area (Å²) >= 11 is 0. The average Bonchev–Trinajstić information content (AvgIpc) is 2.27. The largest absolute Gasteiger partial charge is 0.492 e. The van der Waals surface area contributed by atoms with Crippen molar-refractivity contribution >= 4 is 9.84 Å². The maximum Gasteiger partial charge on any atom is 0.179 e. The molecule has 0 bridgehead atoms. The van der Waals surface area contributed by atoms with Gasteiger partial charge < -0.3 is 14.7 Å². The molecule has 0 atom stereocenters. The summed E-state index contributed by atoms with van der Waals surface area (Å²) in [4.78, 5) is 0.0542. The number of rotatable bonds is 5. The highest BCUT2D eigenvalue weighted by Gasteiger charge is 2.21. The van der Waals surface area contributed by atoms with Crippen LogP contribution in [0.2, 0.25) is 0 Å². The van der Waals surface area contributed by atoms with E-state index in [0.717, 1.165) is 6.26 Å². The molecule has 6 nitrogen and oxygen atoms in total. The lowest BCUT2D eigenvalue weighted by molar-refractivity contribution is 0.160. The zero-order valence-electron chi connectivity index (χ0n) is 9.85. The van der Waals surface area contributed by atoms with Gasteiger partial charge in [0.25, 0.3) is 0 Å². The van der Waals surface area contributed by atoms with Gasteiger partial charge in [0.2, 0.25) is 0 Å². The predicted octanol–water partition coefficient (Wildman–Crippen LogP) is 0.586. The molecular weight excluding hydrogens is 246 g/mol. The van der Waals surface area contributed by atoms with Crippen LogP contribution in [0.4, 0.5) is 0 Å². The summed E-state index contributed by atoms with van der Waals surface area (Å²) in [6, 6.07) is 2.98. The fourth-order valence-corrected chi connectivity index (χ4v) is 2.35. The molecule has 0 saturated heterocycles. The van der Waals surface area contributed by atoms with E-state index in [1.54, 1.807) is 6.07 Å². The Kier molecular flexibility index (Phi) is 4.33. The SMILES string of the molecule is COc1c(CNO)ccc(S(C)(=O)=O)c1OC. The molecule has 0 heterocycles. The molecule has 0 amide bonds. The summed E-state index contributed by atoms with van der Waals surface area (Å²) in [7, 11) is -0.626. The standard InChI is InChI=1S/C10H15NO5S/c1-15-9-7(6-11-12)4-5-8(10(9)16-2)17(3,13)14/h4-5,11-12H,6H2,1-3H3. The Labute approximate surface area is 100 Å². The number of benzene rings is 1. The summed E-state index contributed by atoms with van der Waals surface area (Å²) in [5, 5.41) is 8.67. The van der Waals surface area contributed by atoms with Crippen molar-refractivity contribution in [3.05, 3.63) is 17.7 Å². The summed E-state index contributed by atoms with van der Waals surface area (Å²) in [5.74, 6) is 0.430. The smallest absolute Gasteiger partial charge is 0.179 e. The summed E-state index contributed by atoms with van der Waals surface area (Å²) in [5.41, 5.74) is 2.58. The molecule has 0 aromatic heterocycles. The Hall–Kier alpha value is -1.31. The number of sulfone groups is 1. The predicted molar refractivity (Wildman–Crippen MR) is 61.3 cm³/mol. The zero-order valence-corrected chi connectivity index (χ0v) is 10.7. The minimum atomic E-state index is -3.40. The topological polar surface area (TPSA) is 84.9 Å². The quantitative estimate of drug-likeness (QED) is 0.754. The molecule has 0 aliphatic carbocycles. The fraction of sp³-hybridized carbons (Fsp3) is 0.400. The van der Waals surface area contributed by atoms with E-state index in [1.165, 1.54) is 20.3 Å². The van der Waals surface area contributed by atoms with Crippen LogP contribution in [-0.2, 0) is 16.4 Å². The minimum absolute atomic E-state index is 0.0542. The van der Waals surface area contributed by atoms with Crippen molar-refractivity contribution in [2.45, 2.75) is 11.4 Å². The van der Waals surface area contributed by atoms with Gasteiger partial charge in [-0.3, -0.25) is 0 Å². The van der Waals surface area contributed by atoms with Crippen LogP contribution in [0.15, 0.2) is 17.0 Å². The van der Waals surface area contributed by atoms with Gasteiger partial charge in [-0.25, -0.2) is 13.9 Å². The molecule has 96 valence electrons. The maximum atomic E-state index is 11.5. The average molecular weight is 261 g/mol. The van der Waals surface area contributed by atoms with Crippen molar-refractivity contribution in [2.24, 2.45) is 0 Å². The van der Waals surface area contributed by atoms with E-state index in [2.05, 4.69) is 0 Å². The van der Waals surface area contributed by atoms with E-state index in [9.17, 15) is 8.42 Å². The lowest BCUT2D eigenvalue weighted by Crippen LogP contribution is -2.10. The van der Waals surface area contributed by atoms with Gasteiger partial charge in [0.05, 0.1) is 14.2 Å².